The number of Topliss-reactive ketones (excluding diaryl/α,β-unsaturated/α-hetero) is 2. The molecule has 2 N–H and O–H groups in total. The van der Waals surface area contributed by atoms with E-state index in [1.807, 2.05) is 49.4 Å². The molecule has 57 heavy (non-hydrogen) atoms. The molecule has 1 aromatic heterocycles. The highest BCUT2D eigenvalue weighted by molar-refractivity contribution is 6.00. The molecule has 1 amide bonds. The molecule has 0 bridgehead atoms. The van der Waals surface area contributed by atoms with Gasteiger partial charge in [-0.05, 0) is 71.7 Å². The number of hydrogen-bond donors (Lipinski definition) is 2. The number of esters is 2. The molecular formula is C43H59N3O11. The summed E-state index contributed by atoms with van der Waals surface area (Å²) in [7, 11) is 1.75. The monoisotopic (exact) mass is 793 g/mol. The first kappa shape index (κ1) is 43.9. The standard InChI is InChI=1S/C43H59N3O11/c1-11-33-43(9)37(46-41(51)57-43)25(4)34(48)23(2)21-42(8,52-18-14-15-29-20-30-16-12-13-17-31(30)45-22-29)38(26(5)35(49)27(6)39(50)55-33)56-40-36(54-28(7)47)32(44-10)19-24(3)53-40/h12-17,20,22-27,32-33,36-38,40,44H,11,18-19,21H2,1-10H3,(H,46,51)/b15-14+/t23-,24-,25+,26+,27-,32+,33-,36-,37-,38-,40?,42+,43-/m1/s1. The molecule has 2 aromatic rings. The summed E-state index contributed by atoms with van der Waals surface area (Å²) < 4.78 is 37.4. The number of benzene rings is 1. The summed E-state index contributed by atoms with van der Waals surface area (Å²) in [6.45, 7) is 15.0. The summed E-state index contributed by atoms with van der Waals surface area (Å²) in [5.41, 5.74) is -1.08. The van der Waals surface area contributed by atoms with Crippen LogP contribution in [0.5, 0.6) is 0 Å². The van der Waals surface area contributed by atoms with E-state index in [1.54, 1.807) is 54.8 Å². The van der Waals surface area contributed by atoms with Crippen LogP contribution in [0.1, 0.15) is 87.1 Å². The Kier molecular flexibility index (Phi) is 14.0. The molecule has 0 spiro atoms. The molecule has 3 saturated heterocycles. The first-order chi connectivity index (χ1) is 26.9. The highest BCUT2D eigenvalue weighted by Crippen LogP contribution is 2.40. The van der Waals surface area contributed by atoms with Crippen molar-refractivity contribution < 1.29 is 52.4 Å². The summed E-state index contributed by atoms with van der Waals surface area (Å²) >= 11 is 0. The lowest BCUT2D eigenvalue weighted by Crippen LogP contribution is -2.60. The maximum Gasteiger partial charge on any atom is 0.408 e. The molecule has 0 saturated carbocycles. The van der Waals surface area contributed by atoms with E-state index in [0.717, 1.165) is 16.5 Å². The van der Waals surface area contributed by atoms with Crippen molar-refractivity contribution in [1.29, 1.82) is 0 Å². The molecule has 3 aliphatic heterocycles. The van der Waals surface area contributed by atoms with Crippen LogP contribution in [0.2, 0.25) is 0 Å². The molecule has 3 aliphatic rings. The molecule has 3 fully saturated rings. The van der Waals surface area contributed by atoms with Crippen molar-refractivity contribution in [3.05, 3.63) is 48.2 Å². The average Bonchev–Trinajstić information content (AvgIpc) is 3.49. The number of likely N-dealkylation sites (N-methyl/N-ethyl adjacent to an activating group) is 1. The minimum absolute atomic E-state index is 0.0371. The maximum atomic E-state index is 14.5. The third-order valence-corrected chi connectivity index (χ3v) is 11.9. The van der Waals surface area contributed by atoms with Gasteiger partial charge >= 0.3 is 18.0 Å². The lowest BCUT2D eigenvalue weighted by Gasteiger charge is -2.47. The van der Waals surface area contributed by atoms with Gasteiger partial charge in [0.05, 0.1) is 42.0 Å². The van der Waals surface area contributed by atoms with Gasteiger partial charge in [-0.15, -0.1) is 0 Å². The lowest BCUT2D eigenvalue weighted by molar-refractivity contribution is -0.294. The highest BCUT2D eigenvalue weighted by Gasteiger charge is 2.57. The molecule has 4 heterocycles. The number of carbonyl (C=O) groups excluding carboxylic acids is 5. The molecule has 13 atom stereocenters. The van der Waals surface area contributed by atoms with Crippen LogP contribution in [0.15, 0.2) is 42.6 Å². The zero-order valence-corrected chi connectivity index (χ0v) is 34.7. The number of carbonyl (C=O) groups is 5. The van der Waals surface area contributed by atoms with E-state index in [0.29, 0.717) is 6.42 Å². The summed E-state index contributed by atoms with van der Waals surface area (Å²) in [6.07, 6.45) is 1.07. The third-order valence-electron chi connectivity index (χ3n) is 11.9. The SMILES string of the molecule is CC[C@H]1OC(=O)[C@H](C)C(=O)[C@H](C)[C@@H](OC2O[C@H](C)C[C@H](NC)[C@H]2OC(C)=O)[C@@](C)(OC/C=C/c2cnc3ccccc3c2)C[C@@H](C)C(=O)[C@H](C)[C@H]2NC(=O)O[C@@]21C. The Balaban J connectivity index is 1.58. The minimum atomic E-state index is -1.40. The van der Waals surface area contributed by atoms with Crippen molar-refractivity contribution in [2.45, 2.75) is 136 Å². The number of cyclic esters (lactones) is 1. The number of pyridine rings is 1. The van der Waals surface area contributed by atoms with E-state index in [-0.39, 0.29) is 37.4 Å². The number of rotatable bonds is 9. The maximum absolute atomic E-state index is 14.5. The number of alkyl carbamates (subject to hydrolysis) is 1. The predicted octanol–water partition coefficient (Wildman–Crippen LogP) is 5.34. The van der Waals surface area contributed by atoms with Crippen LogP contribution >= 0.6 is 0 Å². The Labute approximate surface area is 335 Å². The van der Waals surface area contributed by atoms with E-state index in [1.165, 1.54) is 13.8 Å². The van der Waals surface area contributed by atoms with Crippen LogP contribution < -0.4 is 10.6 Å². The van der Waals surface area contributed by atoms with Gasteiger partial charge in [-0.1, -0.05) is 58.0 Å². The fourth-order valence-corrected chi connectivity index (χ4v) is 8.84. The van der Waals surface area contributed by atoms with Gasteiger partial charge in [-0.2, -0.15) is 0 Å². The fraction of sp³-hybridized carbons (Fsp3) is 0.628. The molecule has 5 rings (SSSR count). The fourth-order valence-electron chi connectivity index (χ4n) is 8.84. The molecule has 1 unspecified atom stereocenters. The summed E-state index contributed by atoms with van der Waals surface area (Å²) in [4.78, 5) is 72.6. The molecule has 14 nitrogen and oxygen atoms in total. The number of nitrogens with one attached hydrogen (secondary N) is 2. The Bertz CT molecular complexity index is 1840. The number of para-hydroxylation sites is 1. The summed E-state index contributed by atoms with van der Waals surface area (Å²) in [5.74, 6) is -5.83. The predicted molar refractivity (Wildman–Crippen MR) is 211 cm³/mol. The molecular weight excluding hydrogens is 734 g/mol. The van der Waals surface area contributed by atoms with Gasteiger partial charge < -0.3 is 39.1 Å². The Hall–Kier alpha value is -4.24. The summed E-state index contributed by atoms with van der Waals surface area (Å²) in [6, 6.07) is 8.60. The van der Waals surface area contributed by atoms with Gasteiger partial charge in [0.25, 0.3) is 0 Å². The normalized spacial score (nSPS) is 36.9. The minimum Gasteiger partial charge on any atom is -0.458 e. The average molecular weight is 794 g/mol. The second kappa shape index (κ2) is 18.1. The first-order valence-corrected chi connectivity index (χ1v) is 20.0. The van der Waals surface area contributed by atoms with Crippen LogP contribution in [0.4, 0.5) is 4.79 Å². The second-order valence-corrected chi connectivity index (χ2v) is 16.3. The Morgan fingerprint density at radius 1 is 1.05 bits per heavy atom. The number of ether oxygens (including phenoxy) is 6. The van der Waals surface area contributed by atoms with Crippen molar-refractivity contribution in [3.63, 3.8) is 0 Å². The van der Waals surface area contributed by atoms with Crippen LogP contribution in [0.25, 0.3) is 17.0 Å². The molecule has 1 aromatic carbocycles. The van der Waals surface area contributed by atoms with E-state index in [4.69, 9.17) is 28.4 Å². The molecule has 0 aliphatic carbocycles. The summed E-state index contributed by atoms with van der Waals surface area (Å²) in [5, 5.41) is 6.97. The van der Waals surface area contributed by atoms with Crippen LogP contribution in [0.3, 0.4) is 0 Å². The smallest absolute Gasteiger partial charge is 0.408 e. The van der Waals surface area contributed by atoms with Crippen molar-refractivity contribution >= 4 is 46.6 Å². The molecule has 312 valence electrons. The number of nitrogens with zero attached hydrogens (tertiary/aromatic N) is 1. The van der Waals surface area contributed by atoms with Gasteiger partial charge in [-0.25, -0.2) is 4.79 Å². The van der Waals surface area contributed by atoms with Crippen molar-refractivity contribution in [3.8, 4) is 0 Å². The van der Waals surface area contributed by atoms with Crippen LogP contribution in [-0.2, 0) is 47.6 Å². The number of aromatic nitrogens is 1. The first-order valence-electron chi connectivity index (χ1n) is 20.0. The van der Waals surface area contributed by atoms with Gasteiger partial charge in [0, 0.05) is 36.3 Å². The molecule has 14 heteroatoms. The zero-order valence-electron chi connectivity index (χ0n) is 34.7. The number of ketones is 2. The van der Waals surface area contributed by atoms with Crippen molar-refractivity contribution in [2.75, 3.05) is 13.7 Å². The Morgan fingerprint density at radius 2 is 1.77 bits per heavy atom. The van der Waals surface area contributed by atoms with Gasteiger partial charge in [0.15, 0.2) is 23.8 Å². The number of hydrogen-bond acceptors (Lipinski definition) is 13. The topological polar surface area (TPSA) is 178 Å². The van der Waals surface area contributed by atoms with Gasteiger partial charge in [0.1, 0.15) is 17.8 Å². The molecule has 0 radical (unpaired) electrons. The van der Waals surface area contributed by atoms with Gasteiger partial charge in [0.2, 0.25) is 0 Å². The van der Waals surface area contributed by atoms with E-state index in [9.17, 15) is 24.0 Å². The van der Waals surface area contributed by atoms with Crippen LogP contribution in [-0.4, -0.2) is 102 Å². The largest absolute Gasteiger partial charge is 0.458 e. The lowest BCUT2D eigenvalue weighted by atomic mass is 9.73. The van der Waals surface area contributed by atoms with E-state index >= 15 is 0 Å². The second-order valence-electron chi connectivity index (χ2n) is 16.3. The van der Waals surface area contributed by atoms with Crippen LogP contribution in [0, 0.1) is 23.7 Å². The number of fused-ring (bicyclic) bond motifs is 2. The van der Waals surface area contributed by atoms with Crippen molar-refractivity contribution in [2.24, 2.45) is 23.7 Å². The van der Waals surface area contributed by atoms with E-state index in [2.05, 4.69) is 15.6 Å². The zero-order chi connectivity index (χ0) is 41.8. The van der Waals surface area contributed by atoms with E-state index < -0.39 is 89.3 Å². The Morgan fingerprint density at radius 3 is 2.46 bits per heavy atom. The number of amides is 1. The quantitative estimate of drug-likeness (QED) is 0.189. The van der Waals surface area contributed by atoms with Crippen molar-refractivity contribution in [1.82, 2.24) is 15.6 Å². The third kappa shape index (κ3) is 9.56. The van der Waals surface area contributed by atoms with Gasteiger partial charge in [-0.3, -0.25) is 24.2 Å². The highest BCUT2D eigenvalue weighted by atomic mass is 16.7.